The molecule has 0 saturated carbocycles. The van der Waals surface area contributed by atoms with Gasteiger partial charge in [-0.2, -0.15) is 0 Å². The normalized spacial score (nSPS) is 11.9. The second-order valence-corrected chi connectivity index (χ2v) is 25.8. The molecule has 0 bridgehead atoms. The monoisotopic (exact) mass is 1410 g/mol. The molecule has 0 aliphatic rings. The Balaban J connectivity index is 0.897. The smallest absolute Gasteiger partial charge is 0.143 e. The highest BCUT2D eigenvalue weighted by Crippen LogP contribution is 2.45. The zero-order valence-corrected chi connectivity index (χ0v) is 61.3. The quantitative estimate of drug-likeness (QED) is 0.0265. The number of rotatable bonds is 47. The summed E-state index contributed by atoms with van der Waals surface area (Å²) in [4.78, 5) is 0. The van der Waals surface area contributed by atoms with Gasteiger partial charge in [-0.25, -0.2) is 0 Å². The van der Waals surface area contributed by atoms with E-state index < -0.39 is 22.2 Å². The van der Waals surface area contributed by atoms with Gasteiger partial charge in [-0.15, -0.1) is 0 Å². The Kier molecular flexibility index (Phi) is 30.2. The zero-order valence-electron chi connectivity index (χ0n) is 61.3. The molecule has 0 radical (unpaired) electrons. The molecule has 546 valence electrons. The standard InChI is InChI=1S/C90H102O14/c1-91-81-46-34-75(35-47-81)88(72-28-15-10-16-29-72,76-36-48-82(92-2)49-37-76)102-63-23-60-99-68-87(67-98-59-22-8-7-21-58-97-66-71-26-13-9-14-27-71,69-100-61-24-64-103-89(73-30-17-11-18-31-73,77-38-50-83(93-3)51-39-77)78-40-52-84(94-4)53-41-78)70-101-62-25-65-104-90(74-32-19-12-20-33-74,79-42-54-85(95-5)55-43-79)80-44-56-86(96-6)57-45-80/h9-20,26-57H,7-8,21-25,58-70H2,1-6H3. The van der Waals surface area contributed by atoms with E-state index in [0.29, 0.717) is 85.3 Å². The van der Waals surface area contributed by atoms with Crippen molar-refractivity contribution in [2.75, 3.05) is 122 Å². The van der Waals surface area contributed by atoms with Crippen LogP contribution in [0.4, 0.5) is 0 Å². The number of unbranched alkanes of at least 4 members (excludes halogenated alkanes) is 3. The van der Waals surface area contributed by atoms with Crippen LogP contribution in [0.1, 0.15) is 101 Å². The van der Waals surface area contributed by atoms with Gasteiger partial charge in [0, 0.05) is 33.0 Å². The number of methoxy groups -OCH3 is 6. The van der Waals surface area contributed by atoms with Gasteiger partial charge in [0.15, 0.2) is 0 Å². The lowest BCUT2D eigenvalue weighted by Gasteiger charge is -2.36. The van der Waals surface area contributed by atoms with Crippen LogP contribution in [0.3, 0.4) is 0 Å². The van der Waals surface area contributed by atoms with Crippen LogP contribution in [0.5, 0.6) is 34.5 Å². The van der Waals surface area contributed by atoms with Crippen LogP contribution in [-0.2, 0) is 61.3 Å². The molecule has 10 rings (SSSR count). The summed E-state index contributed by atoms with van der Waals surface area (Å²) in [6.07, 6.45) is 5.58. The third-order valence-electron chi connectivity index (χ3n) is 18.8. The zero-order chi connectivity index (χ0) is 72.4. The SMILES string of the molecule is COc1ccc(C(OCCCOCC(COCCCCCCOCc2ccccc2)(COCCCOC(c2ccccc2)(c2ccc(OC)cc2)c2ccc(OC)cc2)COCCCOC(c2ccccc2)(c2ccc(OC)cc2)c2ccc(OC)cc2)(c2ccccc2)c2ccc(OC)cc2)cc1. The molecule has 104 heavy (non-hydrogen) atoms. The third kappa shape index (κ3) is 20.3. The highest BCUT2D eigenvalue weighted by molar-refractivity contribution is 5.53. The minimum atomic E-state index is -0.990. The maximum atomic E-state index is 7.29. The summed E-state index contributed by atoms with van der Waals surface area (Å²) in [5.41, 5.74) is 6.10. The lowest BCUT2D eigenvalue weighted by atomic mass is 9.80. The van der Waals surface area contributed by atoms with Crippen molar-refractivity contribution < 1.29 is 66.3 Å². The third-order valence-corrected chi connectivity index (χ3v) is 18.8. The molecule has 0 unspecified atom stereocenters. The molecule has 0 spiro atoms. The van der Waals surface area contributed by atoms with Crippen molar-refractivity contribution in [2.24, 2.45) is 5.41 Å². The molecule has 10 aromatic carbocycles. The van der Waals surface area contributed by atoms with Crippen LogP contribution in [0.25, 0.3) is 0 Å². The van der Waals surface area contributed by atoms with Crippen molar-refractivity contribution in [1.82, 2.24) is 0 Å². The molecule has 0 fully saturated rings. The van der Waals surface area contributed by atoms with E-state index in [1.807, 2.05) is 146 Å². The van der Waals surface area contributed by atoms with Gasteiger partial charge in [-0.3, -0.25) is 0 Å². The van der Waals surface area contributed by atoms with Crippen LogP contribution in [0.15, 0.2) is 267 Å². The first-order chi connectivity index (χ1) is 51.2. The van der Waals surface area contributed by atoms with E-state index in [0.717, 1.165) is 110 Å². The van der Waals surface area contributed by atoms with Gasteiger partial charge in [0.1, 0.15) is 51.3 Å². The molecule has 0 aliphatic carbocycles. The van der Waals surface area contributed by atoms with Gasteiger partial charge < -0.3 is 66.3 Å². The fourth-order valence-electron chi connectivity index (χ4n) is 13.3. The summed E-state index contributed by atoms with van der Waals surface area (Å²) in [5.74, 6) is 4.50. The lowest BCUT2D eigenvalue weighted by Crippen LogP contribution is -2.42. The van der Waals surface area contributed by atoms with Crippen molar-refractivity contribution in [1.29, 1.82) is 0 Å². The summed E-state index contributed by atoms with van der Waals surface area (Å²) < 4.78 is 89.3. The second kappa shape index (κ2) is 40.7. The molecule has 0 N–H and O–H groups in total. The first kappa shape index (κ1) is 77.3. The molecule has 0 heterocycles. The van der Waals surface area contributed by atoms with Crippen LogP contribution >= 0.6 is 0 Å². The Hall–Kier alpha value is -9.32. The minimum Gasteiger partial charge on any atom is -0.497 e. The van der Waals surface area contributed by atoms with E-state index in [1.165, 1.54) is 5.56 Å². The van der Waals surface area contributed by atoms with Crippen molar-refractivity contribution in [3.05, 3.63) is 323 Å². The number of hydrogen-bond acceptors (Lipinski definition) is 14. The van der Waals surface area contributed by atoms with Crippen molar-refractivity contribution in [3.8, 4) is 34.5 Å². The first-order valence-corrected chi connectivity index (χ1v) is 36.1. The molecule has 14 heteroatoms. The highest BCUT2D eigenvalue weighted by Gasteiger charge is 2.41. The van der Waals surface area contributed by atoms with Gasteiger partial charge in [0.2, 0.25) is 0 Å². The second-order valence-electron chi connectivity index (χ2n) is 25.8. The molecule has 0 atom stereocenters. The summed E-state index contributed by atoms with van der Waals surface area (Å²) in [5, 5.41) is 0. The predicted octanol–water partition coefficient (Wildman–Crippen LogP) is 18.1. The molecule has 0 aliphatic heterocycles. The van der Waals surface area contributed by atoms with Crippen molar-refractivity contribution in [2.45, 2.75) is 68.4 Å². The topological polar surface area (TPSA) is 129 Å². The van der Waals surface area contributed by atoms with Gasteiger partial charge in [0.05, 0.1) is 101 Å². The lowest BCUT2D eigenvalue weighted by molar-refractivity contribution is -0.113. The van der Waals surface area contributed by atoms with Crippen LogP contribution < -0.4 is 28.4 Å². The van der Waals surface area contributed by atoms with Crippen LogP contribution in [0, 0.1) is 5.41 Å². The fraction of sp³-hybridized carbons (Fsp3) is 0.333. The average Bonchev–Trinajstić information content (AvgIpc) is 0.769. The average molecular weight is 1410 g/mol. The molecule has 0 amide bonds. The maximum Gasteiger partial charge on any atom is 0.143 e. The number of ether oxygens (including phenoxy) is 14. The molecular formula is C90H102O14. The predicted molar refractivity (Wildman–Crippen MR) is 409 cm³/mol. The van der Waals surface area contributed by atoms with Gasteiger partial charge >= 0.3 is 0 Å². The van der Waals surface area contributed by atoms with E-state index in [2.05, 4.69) is 121 Å². The fourth-order valence-corrected chi connectivity index (χ4v) is 13.3. The summed E-state index contributed by atoms with van der Waals surface area (Å²) in [6.45, 7) is 5.21. The van der Waals surface area contributed by atoms with Gasteiger partial charge in [-0.1, -0.05) is 207 Å². The summed E-state index contributed by atoms with van der Waals surface area (Å²) in [6, 6.07) is 89.9. The van der Waals surface area contributed by atoms with E-state index in [1.54, 1.807) is 42.7 Å². The molecule has 0 saturated heterocycles. The molecule has 10 aromatic rings. The van der Waals surface area contributed by atoms with E-state index in [-0.39, 0.29) is 19.8 Å². The largest absolute Gasteiger partial charge is 0.497 e. The van der Waals surface area contributed by atoms with Crippen LogP contribution in [-0.4, -0.2) is 122 Å². The Morgan fingerprint density at radius 3 is 0.654 bits per heavy atom. The highest BCUT2D eigenvalue weighted by atomic mass is 16.5. The Labute approximate surface area is 615 Å². The molecular weight excluding hydrogens is 1300 g/mol. The first-order valence-electron chi connectivity index (χ1n) is 36.1. The van der Waals surface area contributed by atoms with E-state index >= 15 is 0 Å². The van der Waals surface area contributed by atoms with E-state index in [4.69, 9.17) is 66.3 Å². The van der Waals surface area contributed by atoms with Crippen LogP contribution in [0.2, 0.25) is 0 Å². The minimum absolute atomic E-state index is 0.275. The van der Waals surface area contributed by atoms with Crippen molar-refractivity contribution in [3.63, 3.8) is 0 Å². The number of hydrogen-bond donors (Lipinski definition) is 0. The summed E-state index contributed by atoms with van der Waals surface area (Å²) in [7, 11) is 10.1. The van der Waals surface area contributed by atoms with Gasteiger partial charge in [0.25, 0.3) is 0 Å². The summed E-state index contributed by atoms with van der Waals surface area (Å²) >= 11 is 0. The maximum absolute atomic E-state index is 7.29. The van der Waals surface area contributed by atoms with Gasteiger partial charge in [-0.05, 0) is 161 Å². The van der Waals surface area contributed by atoms with E-state index in [9.17, 15) is 0 Å². The Bertz CT molecular complexity index is 3460. The Morgan fingerprint density at radius 1 is 0.202 bits per heavy atom. The molecule has 0 aromatic heterocycles. The number of benzene rings is 10. The van der Waals surface area contributed by atoms with Crippen molar-refractivity contribution >= 4 is 0 Å². The Morgan fingerprint density at radius 2 is 0.413 bits per heavy atom. The molecule has 14 nitrogen and oxygen atoms in total.